The van der Waals surface area contributed by atoms with Gasteiger partial charge in [0.1, 0.15) is 0 Å². The highest BCUT2D eigenvalue weighted by atomic mass is 32.2. The summed E-state index contributed by atoms with van der Waals surface area (Å²) in [7, 11) is -5.72. The van der Waals surface area contributed by atoms with Gasteiger partial charge in [-0.2, -0.15) is 83.1 Å². The van der Waals surface area contributed by atoms with Gasteiger partial charge in [0.25, 0.3) is 10.1 Å². The van der Waals surface area contributed by atoms with Crippen LogP contribution in [0.2, 0.25) is 0 Å². The molecule has 21 heteroatoms. The van der Waals surface area contributed by atoms with Gasteiger partial charge >= 0.3 is 47.6 Å². The van der Waals surface area contributed by atoms with Gasteiger partial charge in [-0.15, -0.1) is 0 Å². The van der Waals surface area contributed by atoms with Crippen molar-refractivity contribution in [2.45, 2.75) is 54.1 Å². The molecule has 0 amide bonds. The predicted octanol–water partition coefficient (Wildman–Crippen LogP) is 5.27. The van der Waals surface area contributed by atoms with Crippen LogP contribution in [0, 0.1) is 0 Å². The first kappa shape index (κ1) is 29.7. The lowest BCUT2D eigenvalue weighted by molar-refractivity contribution is -0.461. The average molecular weight is 528 g/mol. The minimum Gasteiger partial charge on any atom is -0.286 e. The first-order chi connectivity index (χ1) is 13.0. The quantitative estimate of drug-likeness (QED) is 0.328. The van der Waals surface area contributed by atoms with Crippen LogP contribution in [0.5, 0.6) is 0 Å². The Labute approximate surface area is 158 Å². The van der Waals surface area contributed by atoms with Gasteiger partial charge in [0.15, 0.2) is 0 Å². The molecule has 0 bridgehead atoms. The zero-order valence-electron chi connectivity index (χ0n) is 13.5. The topological polar surface area (TPSA) is 54.4 Å². The molecule has 0 aromatic carbocycles. The van der Waals surface area contributed by atoms with Crippen molar-refractivity contribution < 1.29 is 87.6 Å². The SMILES string of the molecule is O=S(=O)(O)CCC(F)(F)C(F)(F)C(F)(F)C(F)(F)C(F)(F)C(F)(F)C(F)(F)C(F)(F)F. The molecule has 0 saturated carbocycles. The molecule has 31 heavy (non-hydrogen) atoms. The fourth-order valence-corrected chi connectivity index (χ4v) is 2.12. The van der Waals surface area contributed by atoms with Crippen LogP contribution in [0.1, 0.15) is 6.42 Å². The summed E-state index contributed by atoms with van der Waals surface area (Å²) in [5.41, 5.74) is 0. The predicted molar refractivity (Wildman–Crippen MR) is 61.7 cm³/mol. The first-order valence-electron chi connectivity index (χ1n) is 6.62. The summed E-state index contributed by atoms with van der Waals surface area (Å²) in [4.78, 5) is 0. The maximum atomic E-state index is 13.3. The Morgan fingerprint density at radius 3 is 1.00 bits per heavy atom. The second-order valence-corrected chi connectivity index (χ2v) is 7.26. The third kappa shape index (κ3) is 4.34. The van der Waals surface area contributed by atoms with Crippen LogP contribution >= 0.6 is 0 Å². The van der Waals surface area contributed by atoms with Gasteiger partial charge in [-0.05, 0) is 0 Å². The van der Waals surface area contributed by atoms with E-state index in [-0.39, 0.29) is 0 Å². The van der Waals surface area contributed by atoms with E-state index >= 15 is 0 Å². The van der Waals surface area contributed by atoms with Crippen molar-refractivity contribution in [1.29, 1.82) is 0 Å². The van der Waals surface area contributed by atoms with Gasteiger partial charge in [0, 0.05) is 6.42 Å². The molecule has 0 aromatic heterocycles. The van der Waals surface area contributed by atoms with Crippen molar-refractivity contribution in [2.24, 2.45) is 0 Å². The average Bonchev–Trinajstić information content (AvgIpc) is 2.50. The Morgan fingerprint density at radius 1 is 0.484 bits per heavy atom. The molecule has 0 aliphatic carbocycles. The molecular weight excluding hydrogens is 523 g/mol. The van der Waals surface area contributed by atoms with Crippen LogP contribution < -0.4 is 0 Å². The number of halogens is 17. The van der Waals surface area contributed by atoms with E-state index in [1.165, 1.54) is 0 Å². The lowest BCUT2D eigenvalue weighted by Gasteiger charge is -2.42. The maximum absolute atomic E-state index is 13.3. The van der Waals surface area contributed by atoms with Crippen LogP contribution in [0.3, 0.4) is 0 Å². The Hall–Kier alpha value is -1.28. The Balaban J connectivity index is 6.62. The third-order valence-corrected chi connectivity index (χ3v) is 4.18. The van der Waals surface area contributed by atoms with Crippen molar-refractivity contribution in [1.82, 2.24) is 0 Å². The van der Waals surface area contributed by atoms with Gasteiger partial charge in [-0.25, -0.2) is 0 Å². The molecule has 0 unspecified atom stereocenters. The van der Waals surface area contributed by atoms with E-state index in [1.807, 2.05) is 0 Å². The van der Waals surface area contributed by atoms with E-state index in [0.717, 1.165) is 0 Å². The Bertz CT molecular complexity index is 766. The van der Waals surface area contributed by atoms with E-state index in [4.69, 9.17) is 4.55 Å². The van der Waals surface area contributed by atoms with Gasteiger partial charge in [-0.1, -0.05) is 0 Å². The molecule has 0 saturated heterocycles. The zero-order valence-corrected chi connectivity index (χ0v) is 14.3. The Morgan fingerprint density at radius 2 is 0.742 bits per heavy atom. The lowest BCUT2D eigenvalue weighted by Crippen LogP contribution is -2.74. The summed E-state index contributed by atoms with van der Waals surface area (Å²) in [6.07, 6.45) is -11.1. The molecule has 0 rings (SSSR count). The van der Waals surface area contributed by atoms with Crippen LogP contribution in [-0.4, -0.2) is 66.4 Å². The molecule has 0 aliphatic heterocycles. The second kappa shape index (κ2) is 7.37. The molecular formula is C10H5F17O3S. The molecule has 1 N–H and O–H groups in total. The normalized spacial score (nSPS) is 16.6. The summed E-state index contributed by atoms with van der Waals surface area (Å²) in [6, 6.07) is 0. The maximum Gasteiger partial charge on any atom is 0.460 e. The molecule has 3 nitrogen and oxygen atoms in total. The van der Waals surface area contributed by atoms with E-state index in [0.29, 0.717) is 0 Å². The summed E-state index contributed by atoms with van der Waals surface area (Å²) < 4.78 is 247. The van der Waals surface area contributed by atoms with Crippen LogP contribution in [0.25, 0.3) is 0 Å². The summed E-state index contributed by atoms with van der Waals surface area (Å²) >= 11 is 0. The molecule has 0 atom stereocenters. The number of rotatable bonds is 9. The lowest BCUT2D eigenvalue weighted by atomic mass is 9.88. The number of alkyl halides is 17. The largest absolute Gasteiger partial charge is 0.460 e. The van der Waals surface area contributed by atoms with Crippen LogP contribution in [0.4, 0.5) is 74.6 Å². The monoisotopic (exact) mass is 528 g/mol. The molecule has 0 heterocycles. The van der Waals surface area contributed by atoms with Crippen molar-refractivity contribution in [3.05, 3.63) is 0 Å². The smallest absolute Gasteiger partial charge is 0.286 e. The zero-order chi connectivity index (χ0) is 25.9. The third-order valence-electron chi connectivity index (χ3n) is 3.46. The van der Waals surface area contributed by atoms with Crippen molar-refractivity contribution >= 4 is 10.1 Å². The van der Waals surface area contributed by atoms with Gasteiger partial charge in [0.2, 0.25) is 0 Å². The van der Waals surface area contributed by atoms with Crippen molar-refractivity contribution in [3.8, 4) is 0 Å². The van der Waals surface area contributed by atoms with Gasteiger partial charge in [0.05, 0.1) is 5.75 Å². The van der Waals surface area contributed by atoms with Crippen molar-refractivity contribution in [3.63, 3.8) is 0 Å². The molecule has 0 spiro atoms. The summed E-state index contributed by atoms with van der Waals surface area (Å²) in [5, 5.41) is 0. The summed E-state index contributed by atoms with van der Waals surface area (Å²) in [6.45, 7) is 0. The Kier molecular flexibility index (Phi) is 7.07. The van der Waals surface area contributed by atoms with E-state index in [1.54, 1.807) is 0 Å². The highest BCUT2D eigenvalue weighted by Gasteiger charge is 2.95. The molecule has 0 aromatic rings. The fourth-order valence-electron chi connectivity index (χ4n) is 1.61. The second-order valence-electron chi connectivity index (χ2n) is 5.68. The number of hydrogen-bond donors (Lipinski definition) is 1. The van der Waals surface area contributed by atoms with E-state index in [9.17, 15) is 83.1 Å². The fraction of sp³-hybridized carbons (Fsp3) is 1.00. The first-order valence-corrected chi connectivity index (χ1v) is 8.23. The molecule has 188 valence electrons. The molecule has 0 fully saturated rings. The van der Waals surface area contributed by atoms with Gasteiger partial charge in [-0.3, -0.25) is 4.55 Å². The highest BCUT2D eigenvalue weighted by molar-refractivity contribution is 7.85. The minimum absolute atomic E-state index is 2.62. The standard InChI is InChI=1S/C10H5F17O3S/c11-3(12,1-2-31(28,29)30)4(13,14)5(15,16)6(17,18)7(19,20)8(21,22)9(23,24)10(25,26)27/h1-2H2,(H,28,29,30). The number of hydrogen-bond acceptors (Lipinski definition) is 2. The molecule has 0 aliphatic rings. The van der Waals surface area contributed by atoms with Gasteiger partial charge < -0.3 is 0 Å². The van der Waals surface area contributed by atoms with Crippen LogP contribution in [0.15, 0.2) is 0 Å². The van der Waals surface area contributed by atoms with Crippen LogP contribution in [-0.2, 0) is 10.1 Å². The molecule has 0 radical (unpaired) electrons. The van der Waals surface area contributed by atoms with Crippen molar-refractivity contribution in [2.75, 3.05) is 5.75 Å². The van der Waals surface area contributed by atoms with E-state index < -0.39 is 69.9 Å². The minimum atomic E-state index is -8.74. The summed E-state index contributed by atoms with van der Waals surface area (Å²) in [5.74, 6) is -60.2. The van der Waals surface area contributed by atoms with E-state index in [2.05, 4.69) is 0 Å². The highest BCUT2D eigenvalue weighted by Crippen LogP contribution is 2.64.